The molecule has 2 rings (SSSR count). The molecule has 1 amide bonds. The van der Waals surface area contributed by atoms with Crippen molar-refractivity contribution in [2.45, 2.75) is 19.8 Å². The SMILES string of the molecule is CCCCNC(=O)/C(C#N)=C/c1ccc(OC(=O)COc2ccccc2)c(OC)c1. The molecule has 0 aliphatic heterocycles. The van der Waals surface area contributed by atoms with Crippen LogP contribution >= 0.6 is 0 Å². The largest absolute Gasteiger partial charge is 0.493 e. The van der Waals surface area contributed by atoms with Crippen LogP contribution in [0.25, 0.3) is 6.08 Å². The highest BCUT2D eigenvalue weighted by atomic mass is 16.6. The van der Waals surface area contributed by atoms with Gasteiger partial charge in [0.2, 0.25) is 0 Å². The number of carbonyl (C=O) groups is 2. The summed E-state index contributed by atoms with van der Waals surface area (Å²) in [7, 11) is 1.43. The van der Waals surface area contributed by atoms with Gasteiger partial charge in [0, 0.05) is 6.54 Å². The lowest BCUT2D eigenvalue weighted by atomic mass is 10.1. The molecule has 0 unspecified atom stereocenters. The monoisotopic (exact) mass is 408 g/mol. The molecule has 7 nitrogen and oxygen atoms in total. The fourth-order valence-electron chi connectivity index (χ4n) is 2.46. The number of para-hydroxylation sites is 1. The van der Waals surface area contributed by atoms with Gasteiger partial charge in [-0.1, -0.05) is 37.6 Å². The molecular weight excluding hydrogens is 384 g/mol. The van der Waals surface area contributed by atoms with Gasteiger partial charge in [-0.05, 0) is 42.3 Å². The third-order valence-electron chi connectivity index (χ3n) is 4.00. The summed E-state index contributed by atoms with van der Waals surface area (Å²) in [6.07, 6.45) is 3.24. The Hall–Kier alpha value is -3.79. The number of benzene rings is 2. The van der Waals surface area contributed by atoms with E-state index in [-0.39, 0.29) is 17.9 Å². The second-order valence-corrected chi connectivity index (χ2v) is 6.27. The van der Waals surface area contributed by atoms with E-state index in [2.05, 4.69) is 5.32 Å². The molecule has 156 valence electrons. The average molecular weight is 408 g/mol. The van der Waals surface area contributed by atoms with Crippen LogP contribution in [0, 0.1) is 11.3 Å². The number of hydrogen-bond acceptors (Lipinski definition) is 6. The molecule has 30 heavy (non-hydrogen) atoms. The first-order valence-corrected chi connectivity index (χ1v) is 9.54. The summed E-state index contributed by atoms with van der Waals surface area (Å²) in [6, 6.07) is 15.6. The molecule has 0 spiro atoms. The zero-order valence-corrected chi connectivity index (χ0v) is 17.0. The quantitative estimate of drug-likeness (QED) is 0.212. The van der Waals surface area contributed by atoms with E-state index < -0.39 is 11.9 Å². The Morgan fingerprint density at radius 1 is 1.13 bits per heavy atom. The molecule has 0 bridgehead atoms. The molecule has 0 saturated carbocycles. The average Bonchev–Trinajstić information content (AvgIpc) is 2.77. The summed E-state index contributed by atoms with van der Waals surface area (Å²) >= 11 is 0. The van der Waals surface area contributed by atoms with Crippen LogP contribution < -0.4 is 19.5 Å². The minimum absolute atomic E-state index is 0.0193. The number of hydrogen-bond donors (Lipinski definition) is 1. The molecule has 0 heterocycles. The molecule has 0 radical (unpaired) electrons. The van der Waals surface area contributed by atoms with E-state index in [0.717, 1.165) is 12.8 Å². The van der Waals surface area contributed by atoms with Gasteiger partial charge in [0.1, 0.15) is 17.4 Å². The smallest absolute Gasteiger partial charge is 0.349 e. The van der Waals surface area contributed by atoms with Crippen LogP contribution in [0.2, 0.25) is 0 Å². The number of nitrogens with zero attached hydrogens (tertiary/aromatic N) is 1. The number of nitrogens with one attached hydrogen (secondary N) is 1. The van der Waals surface area contributed by atoms with E-state index in [1.54, 1.807) is 36.4 Å². The van der Waals surface area contributed by atoms with Crippen molar-refractivity contribution >= 4 is 18.0 Å². The minimum Gasteiger partial charge on any atom is -0.493 e. The summed E-state index contributed by atoms with van der Waals surface area (Å²) in [5.41, 5.74) is 0.545. The zero-order valence-electron chi connectivity index (χ0n) is 17.0. The standard InChI is InChI=1S/C23H24N2O5/c1-3-4-12-25-23(27)18(15-24)13-17-10-11-20(21(14-17)28-2)30-22(26)16-29-19-8-6-5-7-9-19/h5-11,13-14H,3-4,12,16H2,1-2H3,(H,25,27)/b18-13+. The second kappa shape index (κ2) is 11.9. The van der Waals surface area contributed by atoms with E-state index >= 15 is 0 Å². The number of nitriles is 1. The van der Waals surface area contributed by atoms with E-state index in [9.17, 15) is 14.9 Å². The highest BCUT2D eigenvalue weighted by Gasteiger charge is 2.13. The molecule has 0 aliphatic rings. The Kier molecular flexibility index (Phi) is 8.94. The maximum absolute atomic E-state index is 12.1. The number of ether oxygens (including phenoxy) is 3. The predicted octanol–water partition coefficient (Wildman–Crippen LogP) is 3.50. The molecule has 0 aromatic heterocycles. The van der Waals surface area contributed by atoms with Crippen LogP contribution in [-0.4, -0.2) is 32.1 Å². The van der Waals surface area contributed by atoms with Gasteiger partial charge in [-0.2, -0.15) is 5.26 Å². The number of amides is 1. The van der Waals surface area contributed by atoms with E-state index in [4.69, 9.17) is 14.2 Å². The van der Waals surface area contributed by atoms with Crippen LogP contribution in [0.1, 0.15) is 25.3 Å². The second-order valence-electron chi connectivity index (χ2n) is 6.27. The highest BCUT2D eigenvalue weighted by Crippen LogP contribution is 2.29. The number of carbonyl (C=O) groups excluding carboxylic acids is 2. The van der Waals surface area contributed by atoms with E-state index in [1.807, 2.05) is 19.1 Å². The lowest BCUT2D eigenvalue weighted by Crippen LogP contribution is -2.25. The highest BCUT2D eigenvalue weighted by molar-refractivity contribution is 6.01. The Balaban J connectivity index is 2.05. The van der Waals surface area contributed by atoms with Crippen LogP contribution in [0.3, 0.4) is 0 Å². The van der Waals surface area contributed by atoms with Crippen molar-refractivity contribution in [1.29, 1.82) is 5.26 Å². The van der Waals surface area contributed by atoms with E-state index in [1.165, 1.54) is 19.3 Å². The summed E-state index contributed by atoms with van der Waals surface area (Å²) in [5.74, 6) is 0.0396. The summed E-state index contributed by atoms with van der Waals surface area (Å²) in [5, 5.41) is 12.0. The first kappa shape index (κ1) is 22.5. The van der Waals surface area contributed by atoms with Gasteiger partial charge in [0.05, 0.1) is 7.11 Å². The van der Waals surface area contributed by atoms with Gasteiger partial charge in [0.15, 0.2) is 18.1 Å². The van der Waals surface area contributed by atoms with Gasteiger partial charge >= 0.3 is 5.97 Å². The Morgan fingerprint density at radius 3 is 2.57 bits per heavy atom. The van der Waals surface area contributed by atoms with Gasteiger partial charge < -0.3 is 19.5 Å². The van der Waals surface area contributed by atoms with Crippen LogP contribution in [0.5, 0.6) is 17.2 Å². The van der Waals surface area contributed by atoms with Crippen molar-refractivity contribution in [3.8, 4) is 23.3 Å². The van der Waals surface area contributed by atoms with Crippen LogP contribution in [-0.2, 0) is 9.59 Å². The molecule has 0 saturated heterocycles. The van der Waals surface area contributed by atoms with Gasteiger partial charge in [-0.25, -0.2) is 4.79 Å². The summed E-state index contributed by atoms with van der Waals surface area (Å²) < 4.78 is 15.9. The molecule has 0 atom stereocenters. The number of methoxy groups -OCH3 is 1. The number of rotatable bonds is 10. The van der Waals surface area contributed by atoms with Crippen molar-refractivity contribution in [3.63, 3.8) is 0 Å². The molecule has 0 aliphatic carbocycles. The lowest BCUT2D eigenvalue weighted by molar-refractivity contribution is -0.136. The van der Waals surface area contributed by atoms with Crippen molar-refractivity contribution in [1.82, 2.24) is 5.32 Å². The van der Waals surface area contributed by atoms with Crippen LogP contribution in [0.4, 0.5) is 0 Å². The number of unbranched alkanes of at least 4 members (excludes halogenated alkanes) is 1. The first-order chi connectivity index (χ1) is 14.6. The Labute approximate surface area is 175 Å². The molecule has 7 heteroatoms. The van der Waals surface area contributed by atoms with Gasteiger partial charge in [0.25, 0.3) is 5.91 Å². The zero-order chi connectivity index (χ0) is 21.8. The molecule has 0 fully saturated rings. The summed E-state index contributed by atoms with van der Waals surface area (Å²) in [4.78, 5) is 24.2. The van der Waals surface area contributed by atoms with Crippen molar-refractivity contribution < 1.29 is 23.8 Å². The fourth-order valence-corrected chi connectivity index (χ4v) is 2.46. The first-order valence-electron chi connectivity index (χ1n) is 9.54. The maximum Gasteiger partial charge on any atom is 0.349 e. The van der Waals surface area contributed by atoms with Gasteiger partial charge in [-0.3, -0.25) is 4.79 Å². The Morgan fingerprint density at radius 2 is 1.90 bits per heavy atom. The fraction of sp³-hybridized carbons (Fsp3) is 0.261. The molecular formula is C23H24N2O5. The van der Waals surface area contributed by atoms with Crippen LogP contribution in [0.15, 0.2) is 54.1 Å². The minimum atomic E-state index is -0.589. The number of esters is 1. The van der Waals surface area contributed by atoms with E-state index in [0.29, 0.717) is 23.6 Å². The third kappa shape index (κ3) is 6.99. The molecule has 2 aromatic carbocycles. The van der Waals surface area contributed by atoms with Crippen molar-refractivity contribution in [2.75, 3.05) is 20.3 Å². The Bertz CT molecular complexity index is 932. The maximum atomic E-state index is 12.1. The third-order valence-corrected chi connectivity index (χ3v) is 4.00. The predicted molar refractivity (Wildman–Crippen MR) is 112 cm³/mol. The topological polar surface area (TPSA) is 97.7 Å². The molecule has 2 aromatic rings. The van der Waals surface area contributed by atoms with Crippen molar-refractivity contribution in [2.24, 2.45) is 0 Å². The molecule has 1 N–H and O–H groups in total. The lowest BCUT2D eigenvalue weighted by Gasteiger charge is -2.11. The van der Waals surface area contributed by atoms with Gasteiger partial charge in [-0.15, -0.1) is 0 Å². The summed E-state index contributed by atoms with van der Waals surface area (Å²) in [6.45, 7) is 2.27. The van der Waals surface area contributed by atoms with Crippen molar-refractivity contribution in [3.05, 3.63) is 59.7 Å². The normalized spacial score (nSPS) is 10.6.